The van der Waals surface area contributed by atoms with E-state index in [2.05, 4.69) is 9.99 Å². The van der Waals surface area contributed by atoms with Gasteiger partial charge in [-0.1, -0.05) is 5.16 Å². The van der Waals surface area contributed by atoms with Gasteiger partial charge in [-0.3, -0.25) is 0 Å². The molecule has 4 heteroatoms. The lowest BCUT2D eigenvalue weighted by Crippen LogP contribution is -2.01. The Bertz CT molecular complexity index is 75.4. The van der Waals surface area contributed by atoms with Gasteiger partial charge in [0.2, 0.25) is 0 Å². The molecule has 0 fully saturated rings. The summed E-state index contributed by atoms with van der Waals surface area (Å²) in [5.74, 6) is 0. The number of methoxy groups -OCH3 is 1. The fraction of sp³-hybridized carbons (Fsp3) is 0.800. The Hall–Kier alpha value is -0.610. The molecular weight excluding hydrogens is 120 g/mol. The van der Waals surface area contributed by atoms with Gasteiger partial charge < -0.3 is 15.3 Å². The van der Waals surface area contributed by atoms with E-state index in [4.69, 9.17) is 10.5 Å². The minimum absolute atomic E-state index is 0.410. The molecule has 0 atom stereocenters. The average Bonchev–Trinajstić information content (AvgIpc) is 1.89. The number of hydrogen-bond acceptors (Lipinski definition) is 4. The van der Waals surface area contributed by atoms with Crippen LogP contribution < -0.4 is 5.73 Å². The van der Waals surface area contributed by atoms with E-state index in [1.165, 1.54) is 6.21 Å². The van der Waals surface area contributed by atoms with Crippen molar-refractivity contribution >= 4 is 6.21 Å². The summed E-state index contributed by atoms with van der Waals surface area (Å²) in [5, 5.41) is 3.50. The van der Waals surface area contributed by atoms with E-state index in [9.17, 15) is 0 Å². The Labute approximate surface area is 54.6 Å². The van der Waals surface area contributed by atoms with Gasteiger partial charge in [-0.25, -0.2) is 0 Å². The number of oxime groups is 1. The van der Waals surface area contributed by atoms with Crippen molar-refractivity contribution in [2.75, 3.05) is 26.9 Å². The summed E-state index contributed by atoms with van der Waals surface area (Å²) in [5.41, 5.74) is 5.08. The SMILES string of the molecule is COCCO/N=C/CN. The highest BCUT2D eigenvalue weighted by Crippen LogP contribution is 1.73. The third kappa shape index (κ3) is 7.39. The van der Waals surface area contributed by atoms with Crippen molar-refractivity contribution in [3.8, 4) is 0 Å². The van der Waals surface area contributed by atoms with Crippen LogP contribution in [0.5, 0.6) is 0 Å². The number of rotatable bonds is 5. The first-order chi connectivity index (χ1) is 4.41. The molecule has 0 bridgehead atoms. The zero-order valence-electron chi connectivity index (χ0n) is 5.54. The fourth-order valence-corrected chi connectivity index (χ4v) is 0.269. The Morgan fingerprint density at radius 1 is 1.56 bits per heavy atom. The second kappa shape index (κ2) is 7.39. The maximum absolute atomic E-state index is 5.08. The van der Waals surface area contributed by atoms with Crippen molar-refractivity contribution in [1.29, 1.82) is 0 Å². The van der Waals surface area contributed by atoms with Gasteiger partial charge in [0.1, 0.15) is 6.61 Å². The largest absolute Gasteiger partial charge is 0.394 e. The van der Waals surface area contributed by atoms with E-state index in [1.807, 2.05) is 0 Å². The van der Waals surface area contributed by atoms with Crippen LogP contribution in [-0.4, -0.2) is 33.1 Å². The van der Waals surface area contributed by atoms with Gasteiger partial charge in [-0.15, -0.1) is 0 Å². The molecule has 2 N–H and O–H groups in total. The number of nitrogens with two attached hydrogens (primary N) is 1. The minimum Gasteiger partial charge on any atom is -0.394 e. The molecule has 0 aromatic heterocycles. The molecule has 0 unspecified atom stereocenters. The molecule has 0 aliphatic heterocycles. The Morgan fingerprint density at radius 2 is 2.33 bits per heavy atom. The van der Waals surface area contributed by atoms with Crippen LogP contribution in [0.15, 0.2) is 5.16 Å². The lowest BCUT2D eigenvalue weighted by molar-refractivity contribution is 0.0757. The maximum Gasteiger partial charge on any atom is 0.140 e. The van der Waals surface area contributed by atoms with Gasteiger partial charge in [-0.05, 0) is 0 Å². The van der Waals surface area contributed by atoms with Crippen LogP contribution in [-0.2, 0) is 9.57 Å². The summed E-state index contributed by atoms with van der Waals surface area (Å²) in [4.78, 5) is 4.68. The van der Waals surface area contributed by atoms with Crippen molar-refractivity contribution < 1.29 is 9.57 Å². The van der Waals surface area contributed by atoms with Crippen LogP contribution in [0.25, 0.3) is 0 Å². The zero-order valence-corrected chi connectivity index (χ0v) is 5.54. The molecule has 0 aliphatic rings. The second-order valence-corrected chi connectivity index (χ2v) is 1.35. The van der Waals surface area contributed by atoms with E-state index in [0.29, 0.717) is 19.8 Å². The predicted octanol–water partition coefficient (Wildman–Crippen LogP) is -0.406. The highest BCUT2D eigenvalue weighted by atomic mass is 16.6. The van der Waals surface area contributed by atoms with Gasteiger partial charge in [0.15, 0.2) is 0 Å². The minimum atomic E-state index is 0.410. The van der Waals surface area contributed by atoms with E-state index in [0.717, 1.165) is 0 Å². The topological polar surface area (TPSA) is 56.8 Å². The molecule has 0 aliphatic carbocycles. The highest BCUT2D eigenvalue weighted by molar-refractivity contribution is 5.58. The first-order valence-corrected chi connectivity index (χ1v) is 2.74. The molecule has 54 valence electrons. The fourth-order valence-electron chi connectivity index (χ4n) is 0.269. The summed E-state index contributed by atoms with van der Waals surface area (Å²) >= 11 is 0. The highest BCUT2D eigenvalue weighted by Gasteiger charge is 1.78. The lowest BCUT2D eigenvalue weighted by Gasteiger charge is -1.94. The number of hydrogen-bond donors (Lipinski definition) is 1. The Morgan fingerprint density at radius 3 is 2.89 bits per heavy atom. The molecule has 0 rings (SSSR count). The molecular formula is C5H12N2O2. The first kappa shape index (κ1) is 8.39. The molecule has 0 saturated carbocycles. The van der Waals surface area contributed by atoms with Crippen LogP contribution in [0.3, 0.4) is 0 Å². The third-order valence-corrected chi connectivity index (χ3v) is 0.633. The summed E-state index contributed by atoms with van der Waals surface area (Å²) in [6.07, 6.45) is 1.50. The molecule has 0 spiro atoms. The summed E-state index contributed by atoms with van der Waals surface area (Å²) in [6.45, 7) is 1.45. The number of nitrogens with zero attached hydrogens (tertiary/aromatic N) is 1. The summed E-state index contributed by atoms with van der Waals surface area (Å²) < 4.78 is 4.69. The molecule has 0 saturated heterocycles. The van der Waals surface area contributed by atoms with Crippen LogP contribution in [0.1, 0.15) is 0 Å². The lowest BCUT2D eigenvalue weighted by atomic mass is 10.8. The van der Waals surface area contributed by atoms with Gasteiger partial charge >= 0.3 is 0 Å². The van der Waals surface area contributed by atoms with Gasteiger partial charge in [0.25, 0.3) is 0 Å². The van der Waals surface area contributed by atoms with Crippen molar-refractivity contribution in [3.05, 3.63) is 0 Å². The normalized spacial score (nSPS) is 10.4. The molecule has 9 heavy (non-hydrogen) atoms. The van der Waals surface area contributed by atoms with E-state index in [1.54, 1.807) is 7.11 Å². The van der Waals surface area contributed by atoms with Gasteiger partial charge in [0, 0.05) is 13.7 Å². The predicted molar refractivity (Wildman–Crippen MR) is 35.4 cm³/mol. The standard InChI is InChI=1S/C5H12N2O2/c1-8-4-5-9-7-3-2-6/h3H,2,4-6H2,1H3/b7-3+. The smallest absolute Gasteiger partial charge is 0.140 e. The van der Waals surface area contributed by atoms with Crippen molar-refractivity contribution in [3.63, 3.8) is 0 Å². The molecule has 0 amide bonds. The molecule has 0 radical (unpaired) electrons. The molecule has 0 aromatic rings. The van der Waals surface area contributed by atoms with Crippen LogP contribution in [0, 0.1) is 0 Å². The van der Waals surface area contributed by atoms with E-state index in [-0.39, 0.29) is 0 Å². The van der Waals surface area contributed by atoms with Crippen LogP contribution in [0.4, 0.5) is 0 Å². The first-order valence-electron chi connectivity index (χ1n) is 2.74. The van der Waals surface area contributed by atoms with Crippen LogP contribution in [0.2, 0.25) is 0 Å². The summed E-state index contributed by atoms with van der Waals surface area (Å²) in [7, 11) is 1.61. The monoisotopic (exact) mass is 132 g/mol. The van der Waals surface area contributed by atoms with Gasteiger partial charge in [0.05, 0.1) is 12.8 Å². The van der Waals surface area contributed by atoms with E-state index >= 15 is 0 Å². The Balaban J connectivity index is 2.82. The van der Waals surface area contributed by atoms with Crippen molar-refractivity contribution in [1.82, 2.24) is 0 Å². The van der Waals surface area contributed by atoms with E-state index < -0.39 is 0 Å². The molecule has 4 nitrogen and oxygen atoms in total. The maximum atomic E-state index is 5.08. The third-order valence-electron chi connectivity index (χ3n) is 0.633. The van der Waals surface area contributed by atoms with Crippen molar-refractivity contribution in [2.24, 2.45) is 10.9 Å². The summed E-state index contributed by atoms with van der Waals surface area (Å²) in [6, 6.07) is 0. The number of ether oxygens (including phenoxy) is 1. The Kier molecular flexibility index (Phi) is 6.89. The second-order valence-electron chi connectivity index (χ2n) is 1.35. The van der Waals surface area contributed by atoms with Crippen molar-refractivity contribution in [2.45, 2.75) is 0 Å². The van der Waals surface area contributed by atoms with Crippen LogP contribution >= 0.6 is 0 Å². The average molecular weight is 132 g/mol. The zero-order chi connectivity index (χ0) is 6.95. The van der Waals surface area contributed by atoms with Gasteiger partial charge in [-0.2, -0.15) is 0 Å². The molecule has 0 heterocycles. The molecule has 0 aromatic carbocycles. The quantitative estimate of drug-likeness (QED) is 0.314.